The number of amides is 1. The maximum Gasteiger partial charge on any atom is 0.255 e. The van der Waals surface area contributed by atoms with Gasteiger partial charge in [0, 0.05) is 20.1 Å². The molecule has 5 heteroatoms. The van der Waals surface area contributed by atoms with E-state index in [0.717, 1.165) is 5.56 Å². The highest BCUT2D eigenvalue weighted by Crippen LogP contribution is 2.22. The number of hydrogen-bond acceptors (Lipinski definition) is 2. The minimum atomic E-state index is -2.53. The molecule has 0 aliphatic heterocycles. The Morgan fingerprint density at radius 2 is 1.83 bits per heavy atom. The zero-order valence-corrected chi connectivity index (χ0v) is 14.4. The number of carbonyl (C=O) groups excluding carboxylic acids is 1. The smallest absolute Gasteiger partial charge is 0.255 e. The van der Waals surface area contributed by atoms with Crippen molar-refractivity contribution in [3.8, 4) is 0 Å². The van der Waals surface area contributed by atoms with Crippen molar-refractivity contribution >= 4 is 5.91 Å². The number of aryl methyl sites for hydroxylation is 1. The number of alkyl halides is 2. The van der Waals surface area contributed by atoms with Crippen molar-refractivity contribution in [3.05, 3.63) is 35.4 Å². The SMILES string of the molecule is COCCN(CC(F)F)C(=O)CCc1ccc(C(C)(C)C)cc1. The van der Waals surface area contributed by atoms with Gasteiger partial charge in [0.1, 0.15) is 0 Å². The van der Waals surface area contributed by atoms with Gasteiger partial charge >= 0.3 is 0 Å². The van der Waals surface area contributed by atoms with Crippen LogP contribution in [0.25, 0.3) is 0 Å². The molecular weight excluding hydrogens is 300 g/mol. The standard InChI is InChI=1S/C18H27F2NO2/c1-18(2,3)15-8-5-14(6-9-15)7-10-17(22)21(11-12-23-4)13-16(19)20/h5-6,8-9,16H,7,10-13H2,1-4H3. The zero-order valence-electron chi connectivity index (χ0n) is 14.4. The fraction of sp³-hybridized carbons (Fsp3) is 0.611. The normalized spacial score (nSPS) is 11.8. The van der Waals surface area contributed by atoms with Crippen LogP contribution in [0.2, 0.25) is 0 Å². The van der Waals surface area contributed by atoms with Gasteiger partial charge in [-0.3, -0.25) is 4.79 Å². The summed E-state index contributed by atoms with van der Waals surface area (Å²) >= 11 is 0. The predicted octanol–water partition coefficient (Wildman–Crippen LogP) is 3.66. The molecule has 1 aromatic carbocycles. The number of hydrogen-bond donors (Lipinski definition) is 0. The number of carbonyl (C=O) groups is 1. The van der Waals surface area contributed by atoms with Gasteiger partial charge in [-0.2, -0.15) is 0 Å². The molecule has 0 heterocycles. The number of rotatable bonds is 8. The fourth-order valence-corrected chi connectivity index (χ4v) is 2.27. The molecule has 1 rings (SSSR count). The second-order valence-corrected chi connectivity index (χ2v) is 6.67. The molecule has 0 unspecified atom stereocenters. The fourth-order valence-electron chi connectivity index (χ4n) is 2.27. The topological polar surface area (TPSA) is 29.5 Å². The maximum atomic E-state index is 12.6. The molecule has 23 heavy (non-hydrogen) atoms. The molecule has 0 saturated carbocycles. The largest absolute Gasteiger partial charge is 0.383 e. The third-order valence-corrected chi connectivity index (χ3v) is 3.72. The number of ether oxygens (including phenoxy) is 1. The highest BCUT2D eigenvalue weighted by Gasteiger charge is 2.18. The summed E-state index contributed by atoms with van der Waals surface area (Å²) in [5, 5.41) is 0. The molecule has 0 spiro atoms. The molecule has 0 aromatic heterocycles. The van der Waals surface area contributed by atoms with E-state index in [4.69, 9.17) is 4.74 Å². The van der Waals surface area contributed by atoms with Crippen molar-refractivity contribution in [1.29, 1.82) is 0 Å². The minimum absolute atomic E-state index is 0.0859. The first-order valence-corrected chi connectivity index (χ1v) is 7.88. The lowest BCUT2D eigenvalue weighted by Crippen LogP contribution is -2.37. The van der Waals surface area contributed by atoms with Crippen LogP contribution >= 0.6 is 0 Å². The van der Waals surface area contributed by atoms with Gasteiger partial charge in [-0.15, -0.1) is 0 Å². The average molecular weight is 327 g/mol. The summed E-state index contributed by atoms with van der Waals surface area (Å²) < 4.78 is 30.0. The van der Waals surface area contributed by atoms with Gasteiger partial charge in [-0.25, -0.2) is 8.78 Å². The summed E-state index contributed by atoms with van der Waals surface area (Å²) in [5.41, 5.74) is 2.35. The van der Waals surface area contributed by atoms with Crippen LogP contribution in [0.1, 0.15) is 38.3 Å². The molecule has 0 radical (unpaired) electrons. The Labute approximate surface area is 137 Å². The molecular formula is C18H27F2NO2. The lowest BCUT2D eigenvalue weighted by molar-refractivity contribution is -0.133. The van der Waals surface area contributed by atoms with Crippen molar-refractivity contribution in [2.45, 2.75) is 45.5 Å². The summed E-state index contributed by atoms with van der Waals surface area (Å²) in [6.07, 6.45) is -1.75. The summed E-state index contributed by atoms with van der Waals surface area (Å²) in [6, 6.07) is 8.12. The molecule has 3 nitrogen and oxygen atoms in total. The number of benzene rings is 1. The predicted molar refractivity (Wildman–Crippen MR) is 87.9 cm³/mol. The molecule has 0 bridgehead atoms. The average Bonchev–Trinajstić information content (AvgIpc) is 2.48. The Bertz CT molecular complexity index is 481. The van der Waals surface area contributed by atoms with Crippen LogP contribution < -0.4 is 0 Å². The first-order valence-electron chi connectivity index (χ1n) is 7.88. The Morgan fingerprint density at radius 3 is 2.30 bits per heavy atom. The second-order valence-electron chi connectivity index (χ2n) is 6.67. The first kappa shape index (κ1) is 19.6. The van der Waals surface area contributed by atoms with E-state index >= 15 is 0 Å². The molecule has 0 fully saturated rings. The molecule has 1 amide bonds. The number of methoxy groups -OCH3 is 1. The van der Waals surface area contributed by atoms with Crippen molar-refractivity contribution in [2.24, 2.45) is 0 Å². The molecule has 130 valence electrons. The summed E-state index contributed by atoms with van der Waals surface area (Å²) in [5.74, 6) is -0.262. The maximum absolute atomic E-state index is 12.6. The third-order valence-electron chi connectivity index (χ3n) is 3.72. The van der Waals surface area contributed by atoms with Gasteiger partial charge in [0.2, 0.25) is 5.91 Å². The number of halogens is 2. The van der Waals surface area contributed by atoms with Gasteiger partial charge < -0.3 is 9.64 Å². The van der Waals surface area contributed by atoms with Gasteiger partial charge in [-0.05, 0) is 23.0 Å². The zero-order chi connectivity index (χ0) is 17.5. The Kier molecular flexibility index (Phi) is 7.62. The highest BCUT2D eigenvalue weighted by atomic mass is 19.3. The van der Waals surface area contributed by atoms with E-state index in [0.29, 0.717) is 6.42 Å². The molecule has 0 aliphatic rings. The van der Waals surface area contributed by atoms with Gasteiger partial charge in [-0.1, -0.05) is 45.0 Å². The lowest BCUT2D eigenvalue weighted by Gasteiger charge is -2.22. The van der Waals surface area contributed by atoms with Crippen LogP contribution in [0.15, 0.2) is 24.3 Å². The lowest BCUT2D eigenvalue weighted by atomic mass is 9.86. The van der Waals surface area contributed by atoms with Gasteiger partial charge in [0.15, 0.2) is 0 Å². The minimum Gasteiger partial charge on any atom is -0.383 e. The van der Waals surface area contributed by atoms with E-state index in [1.165, 1.54) is 17.6 Å². The van der Waals surface area contributed by atoms with E-state index in [9.17, 15) is 13.6 Å². The molecule has 0 saturated heterocycles. The highest BCUT2D eigenvalue weighted by molar-refractivity contribution is 5.76. The monoisotopic (exact) mass is 327 g/mol. The van der Waals surface area contributed by atoms with Crippen molar-refractivity contribution < 1.29 is 18.3 Å². The van der Waals surface area contributed by atoms with Crippen LogP contribution in [0.5, 0.6) is 0 Å². The van der Waals surface area contributed by atoms with E-state index in [1.807, 2.05) is 12.1 Å². The van der Waals surface area contributed by atoms with E-state index in [-0.39, 0.29) is 30.9 Å². The van der Waals surface area contributed by atoms with Crippen molar-refractivity contribution in [1.82, 2.24) is 4.90 Å². The van der Waals surface area contributed by atoms with E-state index in [1.54, 1.807) is 0 Å². The molecule has 0 atom stereocenters. The van der Waals surface area contributed by atoms with Crippen LogP contribution in [0.3, 0.4) is 0 Å². The van der Waals surface area contributed by atoms with E-state index in [2.05, 4.69) is 32.9 Å². The Morgan fingerprint density at radius 1 is 1.22 bits per heavy atom. The molecule has 1 aromatic rings. The molecule has 0 N–H and O–H groups in total. The van der Waals surface area contributed by atoms with E-state index < -0.39 is 13.0 Å². The van der Waals surface area contributed by atoms with Crippen LogP contribution in [-0.4, -0.2) is 44.0 Å². The van der Waals surface area contributed by atoms with Crippen molar-refractivity contribution in [3.63, 3.8) is 0 Å². The molecule has 0 aliphatic carbocycles. The Hall–Kier alpha value is -1.49. The third kappa shape index (κ3) is 7.08. The van der Waals surface area contributed by atoms with Crippen molar-refractivity contribution in [2.75, 3.05) is 26.8 Å². The summed E-state index contributed by atoms with van der Waals surface area (Å²) in [4.78, 5) is 13.3. The first-order chi connectivity index (χ1) is 10.7. The summed E-state index contributed by atoms with van der Waals surface area (Å²) in [7, 11) is 1.49. The number of nitrogens with zero attached hydrogens (tertiary/aromatic N) is 1. The second kappa shape index (κ2) is 8.96. The Balaban J connectivity index is 2.58. The summed E-state index contributed by atoms with van der Waals surface area (Å²) in [6.45, 7) is 6.35. The van der Waals surface area contributed by atoms with Gasteiger partial charge in [0.05, 0.1) is 13.2 Å². The quantitative estimate of drug-likeness (QED) is 0.729. The van der Waals surface area contributed by atoms with Crippen LogP contribution in [-0.2, 0) is 21.4 Å². The van der Waals surface area contributed by atoms with Crippen LogP contribution in [0, 0.1) is 0 Å². The van der Waals surface area contributed by atoms with Crippen LogP contribution in [0.4, 0.5) is 8.78 Å². The van der Waals surface area contributed by atoms with Gasteiger partial charge in [0.25, 0.3) is 6.43 Å².